The fourth-order valence-corrected chi connectivity index (χ4v) is 5.26. The summed E-state index contributed by atoms with van der Waals surface area (Å²) in [7, 11) is 0. The highest BCUT2D eigenvalue weighted by molar-refractivity contribution is 6.30. The minimum atomic E-state index is -0.360. The summed E-state index contributed by atoms with van der Waals surface area (Å²) in [4.78, 5) is 31.9. The second-order valence-electron chi connectivity index (χ2n) is 8.90. The minimum absolute atomic E-state index is 0.0794. The molecule has 4 unspecified atom stereocenters. The highest BCUT2D eigenvalue weighted by Crippen LogP contribution is 2.41. The number of carbonyl (C=O) groups is 2. The van der Waals surface area contributed by atoms with Gasteiger partial charge in [-0.15, -0.1) is 5.10 Å². The molecule has 7 nitrogen and oxygen atoms in total. The average molecular weight is 478 g/mol. The Kier molecular flexibility index (Phi) is 4.99. The molecule has 0 bridgehead atoms. The smallest absolute Gasteiger partial charge is 0.260 e. The molecule has 3 heterocycles. The summed E-state index contributed by atoms with van der Waals surface area (Å²) in [6.45, 7) is 0. The molecular formula is C25H21ClFN5O2. The van der Waals surface area contributed by atoms with Gasteiger partial charge in [-0.3, -0.25) is 9.59 Å². The molecule has 9 heteroatoms. The van der Waals surface area contributed by atoms with E-state index in [4.69, 9.17) is 11.6 Å². The maximum Gasteiger partial charge on any atom is 0.260 e. The Morgan fingerprint density at radius 2 is 1.53 bits per heavy atom. The third-order valence-electron chi connectivity index (χ3n) is 6.91. The first-order chi connectivity index (χ1) is 16.5. The third-order valence-corrected chi connectivity index (χ3v) is 7.16. The summed E-state index contributed by atoms with van der Waals surface area (Å²) in [6.07, 6.45) is 5.61. The molecule has 2 aliphatic heterocycles. The Hall–Kier alpha value is -3.52. The van der Waals surface area contributed by atoms with Crippen molar-refractivity contribution in [2.75, 3.05) is 10.2 Å². The first-order valence-corrected chi connectivity index (χ1v) is 11.6. The number of aromatic nitrogens is 3. The molecule has 1 saturated heterocycles. The largest absolute Gasteiger partial charge is 0.347 e. The van der Waals surface area contributed by atoms with E-state index in [-0.39, 0.29) is 47.5 Å². The van der Waals surface area contributed by atoms with E-state index in [9.17, 15) is 14.0 Å². The van der Waals surface area contributed by atoms with E-state index >= 15 is 0 Å². The number of nitrogens with one attached hydrogen (secondary N) is 1. The van der Waals surface area contributed by atoms with E-state index in [2.05, 4.69) is 15.4 Å². The third kappa shape index (κ3) is 3.40. The number of hydrogen-bond donors (Lipinski definition) is 1. The lowest BCUT2D eigenvalue weighted by Gasteiger charge is -2.31. The highest BCUT2D eigenvalue weighted by atomic mass is 35.5. The highest BCUT2D eigenvalue weighted by Gasteiger charge is 2.49. The SMILES string of the molecule is O=C1C2CC=CCC2C(=O)N1c1nc2n(n1)C(c1ccc(F)cc1)CC(c1ccc(Cl)cc1)N2. The molecule has 6 rings (SSSR count). The lowest BCUT2D eigenvalue weighted by Crippen LogP contribution is -2.32. The van der Waals surface area contributed by atoms with Gasteiger partial charge in [-0.1, -0.05) is 48.0 Å². The molecule has 2 aromatic carbocycles. The molecule has 0 spiro atoms. The van der Waals surface area contributed by atoms with Crippen molar-refractivity contribution in [1.82, 2.24) is 14.8 Å². The summed E-state index contributed by atoms with van der Waals surface area (Å²) >= 11 is 6.07. The van der Waals surface area contributed by atoms with Crippen molar-refractivity contribution in [2.24, 2.45) is 11.8 Å². The Bertz CT molecular complexity index is 1280. The second kappa shape index (κ2) is 8.06. The first-order valence-electron chi connectivity index (χ1n) is 11.3. The number of benzene rings is 2. The fraction of sp³-hybridized carbons (Fsp3) is 0.280. The summed E-state index contributed by atoms with van der Waals surface area (Å²) in [5.41, 5.74) is 1.87. The zero-order valence-corrected chi connectivity index (χ0v) is 18.8. The van der Waals surface area contributed by atoms with Crippen LogP contribution in [0.3, 0.4) is 0 Å². The molecule has 2 amide bonds. The Labute approximate surface area is 200 Å². The van der Waals surface area contributed by atoms with Crippen molar-refractivity contribution in [3.63, 3.8) is 0 Å². The maximum atomic E-state index is 13.6. The van der Waals surface area contributed by atoms with Crippen LogP contribution >= 0.6 is 11.6 Å². The summed E-state index contributed by atoms with van der Waals surface area (Å²) in [5.74, 6) is -1.03. The molecule has 3 aliphatic rings. The lowest BCUT2D eigenvalue weighted by atomic mass is 9.85. The van der Waals surface area contributed by atoms with Crippen LogP contribution in [-0.4, -0.2) is 26.6 Å². The number of nitrogens with zero attached hydrogens (tertiary/aromatic N) is 4. The predicted octanol–water partition coefficient (Wildman–Crippen LogP) is 4.67. The van der Waals surface area contributed by atoms with Crippen molar-refractivity contribution in [3.05, 3.63) is 82.6 Å². The first kappa shape index (κ1) is 21.0. The molecule has 1 N–H and O–H groups in total. The van der Waals surface area contributed by atoms with E-state index in [1.807, 2.05) is 36.4 Å². The van der Waals surface area contributed by atoms with Gasteiger partial charge >= 0.3 is 0 Å². The molecule has 1 aromatic heterocycles. The van der Waals surface area contributed by atoms with Gasteiger partial charge in [-0.2, -0.15) is 4.98 Å². The normalized spacial score (nSPS) is 25.8. The van der Waals surface area contributed by atoms with Gasteiger partial charge in [0.2, 0.25) is 17.8 Å². The van der Waals surface area contributed by atoms with Crippen LogP contribution in [0.5, 0.6) is 0 Å². The van der Waals surface area contributed by atoms with E-state index in [1.165, 1.54) is 12.1 Å². The van der Waals surface area contributed by atoms with Crippen molar-refractivity contribution in [2.45, 2.75) is 31.3 Å². The molecule has 0 radical (unpaired) electrons. The van der Waals surface area contributed by atoms with Gasteiger partial charge in [0.1, 0.15) is 5.82 Å². The summed E-state index contributed by atoms with van der Waals surface area (Å²) < 4.78 is 15.3. The standard InChI is InChI=1S/C25H21ClFN5O2/c26-16-9-5-14(6-10-16)20-13-21(15-7-11-17(27)12-8-15)32-24(28-20)29-25(30-32)31-22(33)18-3-1-2-4-19(18)23(31)34/h1-2,5-12,18-21H,3-4,13H2,(H,28,29,30). The van der Waals surface area contributed by atoms with Crippen LogP contribution in [0.1, 0.15) is 42.5 Å². The van der Waals surface area contributed by atoms with Crippen molar-refractivity contribution in [1.29, 1.82) is 0 Å². The molecule has 0 saturated carbocycles. The van der Waals surface area contributed by atoms with E-state index in [0.29, 0.717) is 30.2 Å². The zero-order chi connectivity index (χ0) is 23.4. The van der Waals surface area contributed by atoms with Gasteiger partial charge in [0, 0.05) is 5.02 Å². The van der Waals surface area contributed by atoms with Gasteiger partial charge < -0.3 is 5.32 Å². The lowest BCUT2D eigenvalue weighted by molar-refractivity contribution is -0.122. The Morgan fingerprint density at radius 3 is 2.18 bits per heavy atom. The number of hydrogen-bond acceptors (Lipinski definition) is 5. The molecule has 1 aliphatic carbocycles. The van der Waals surface area contributed by atoms with Gasteiger partial charge in [0.05, 0.1) is 23.9 Å². The van der Waals surface area contributed by atoms with Gasteiger partial charge in [0.15, 0.2) is 0 Å². The van der Waals surface area contributed by atoms with Crippen LogP contribution in [0.4, 0.5) is 16.3 Å². The van der Waals surface area contributed by atoms with Crippen LogP contribution in [0.25, 0.3) is 0 Å². The monoisotopic (exact) mass is 477 g/mol. The van der Waals surface area contributed by atoms with Crippen molar-refractivity contribution < 1.29 is 14.0 Å². The van der Waals surface area contributed by atoms with Crippen LogP contribution in [0.15, 0.2) is 60.7 Å². The topological polar surface area (TPSA) is 80.1 Å². The number of allylic oxidation sites excluding steroid dienone is 2. The fourth-order valence-electron chi connectivity index (χ4n) is 5.13. The van der Waals surface area contributed by atoms with Crippen molar-refractivity contribution >= 4 is 35.3 Å². The van der Waals surface area contributed by atoms with Crippen LogP contribution in [-0.2, 0) is 9.59 Å². The zero-order valence-electron chi connectivity index (χ0n) is 18.1. The van der Waals surface area contributed by atoms with Crippen molar-refractivity contribution in [3.8, 4) is 0 Å². The van der Waals surface area contributed by atoms with Gasteiger partial charge in [-0.05, 0) is 54.7 Å². The molecule has 34 heavy (non-hydrogen) atoms. The number of halogens is 2. The van der Waals surface area contributed by atoms with Gasteiger partial charge in [-0.25, -0.2) is 14.0 Å². The molecule has 172 valence electrons. The van der Waals surface area contributed by atoms with E-state index < -0.39 is 0 Å². The number of anilines is 2. The molecule has 1 fully saturated rings. The summed E-state index contributed by atoms with van der Waals surface area (Å²) in [5, 5.41) is 8.64. The summed E-state index contributed by atoms with van der Waals surface area (Å²) in [6, 6.07) is 13.4. The number of rotatable bonds is 3. The van der Waals surface area contributed by atoms with Crippen LogP contribution < -0.4 is 10.2 Å². The molecule has 4 atom stereocenters. The molecule has 3 aromatic rings. The number of carbonyl (C=O) groups excluding carboxylic acids is 2. The van der Waals surface area contributed by atoms with E-state index in [0.717, 1.165) is 16.0 Å². The number of fused-ring (bicyclic) bond motifs is 2. The Balaban J connectivity index is 1.40. The van der Waals surface area contributed by atoms with Gasteiger partial charge in [0.25, 0.3) is 5.95 Å². The predicted molar refractivity (Wildman–Crippen MR) is 125 cm³/mol. The van der Waals surface area contributed by atoms with E-state index in [1.54, 1.807) is 16.8 Å². The second-order valence-corrected chi connectivity index (χ2v) is 9.34. The quantitative estimate of drug-likeness (QED) is 0.438. The number of imide groups is 1. The number of amides is 2. The average Bonchev–Trinajstić information content (AvgIpc) is 3.38. The minimum Gasteiger partial charge on any atom is -0.347 e. The molecular weight excluding hydrogens is 457 g/mol. The maximum absolute atomic E-state index is 13.6. The van der Waals surface area contributed by atoms with Crippen LogP contribution in [0, 0.1) is 17.7 Å². The van der Waals surface area contributed by atoms with Crippen LogP contribution in [0.2, 0.25) is 5.02 Å². The Morgan fingerprint density at radius 1 is 0.912 bits per heavy atom.